The van der Waals surface area contributed by atoms with Gasteiger partial charge in [0.1, 0.15) is 0 Å². The minimum atomic E-state index is -0.181. The van der Waals surface area contributed by atoms with Gasteiger partial charge >= 0.3 is 0 Å². The Kier molecular flexibility index (Phi) is 4.02. The smallest absolute Gasteiger partial charge is 0.287 e. The first kappa shape index (κ1) is 12.4. The lowest BCUT2D eigenvalue weighted by Gasteiger charge is -2.11. The molecule has 0 radical (unpaired) electrons. The SMILES string of the molecule is C[C@H](Cc1cccs1)NC(=O)c1ccc(Br)o1. The summed E-state index contributed by atoms with van der Waals surface area (Å²) in [6.07, 6.45) is 0.839. The van der Waals surface area contributed by atoms with Gasteiger partial charge in [-0.25, -0.2) is 0 Å². The standard InChI is InChI=1S/C12H12BrNO2S/c1-8(7-9-3-2-6-17-9)14-12(15)10-4-5-11(13)16-10/h2-6,8H,7H2,1H3,(H,14,15)/t8-/m1/s1. The van der Waals surface area contributed by atoms with Crippen LogP contribution < -0.4 is 5.32 Å². The molecule has 2 aromatic rings. The normalized spacial score (nSPS) is 12.4. The van der Waals surface area contributed by atoms with Crippen molar-refractivity contribution in [1.82, 2.24) is 5.32 Å². The summed E-state index contributed by atoms with van der Waals surface area (Å²) in [6, 6.07) is 7.52. The predicted molar refractivity (Wildman–Crippen MR) is 71.4 cm³/mol. The van der Waals surface area contributed by atoms with E-state index in [-0.39, 0.29) is 11.9 Å². The van der Waals surface area contributed by atoms with Crippen LogP contribution in [0.3, 0.4) is 0 Å². The molecule has 0 aliphatic carbocycles. The summed E-state index contributed by atoms with van der Waals surface area (Å²) in [5, 5.41) is 4.94. The second-order valence-corrected chi connectivity index (χ2v) is 5.58. The van der Waals surface area contributed by atoms with Gasteiger partial charge in [0.15, 0.2) is 10.4 Å². The van der Waals surface area contributed by atoms with Crippen LogP contribution in [-0.4, -0.2) is 11.9 Å². The molecule has 0 aromatic carbocycles. The molecule has 0 saturated carbocycles. The van der Waals surface area contributed by atoms with E-state index in [1.165, 1.54) is 4.88 Å². The number of hydrogen-bond acceptors (Lipinski definition) is 3. The van der Waals surface area contributed by atoms with Crippen LogP contribution in [0, 0.1) is 0 Å². The summed E-state index contributed by atoms with van der Waals surface area (Å²) >= 11 is 4.87. The number of amides is 1. The third-order valence-corrected chi connectivity index (χ3v) is 3.59. The van der Waals surface area contributed by atoms with Crippen molar-refractivity contribution >= 4 is 33.2 Å². The maximum Gasteiger partial charge on any atom is 0.287 e. The van der Waals surface area contributed by atoms with Crippen LogP contribution in [0.25, 0.3) is 0 Å². The lowest BCUT2D eigenvalue weighted by molar-refractivity contribution is 0.0911. The van der Waals surface area contributed by atoms with Crippen LogP contribution in [0.1, 0.15) is 22.4 Å². The summed E-state index contributed by atoms with van der Waals surface area (Å²) in [7, 11) is 0. The molecule has 2 rings (SSSR count). The van der Waals surface area contributed by atoms with Crippen molar-refractivity contribution < 1.29 is 9.21 Å². The number of nitrogens with one attached hydrogen (secondary N) is 1. The van der Waals surface area contributed by atoms with Crippen LogP contribution >= 0.6 is 27.3 Å². The van der Waals surface area contributed by atoms with Gasteiger partial charge in [-0.1, -0.05) is 6.07 Å². The number of thiophene rings is 1. The Hall–Kier alpha value is -1.07. The van der Waals surface area contributed by atoms with Crippen molar-refractivity contribution in [2.24, 2.45) is 0 Å². The Morgan fingerprint density at radius 2 is 2.35 bits per heavy atom. The van der Waals surface area contributed by atoms with Crippen molar-refractivity contribution in [2.45, 2.75) is 19.4 Å². The number of carbonyl (C=O) groups is 1. The van der Waals surface area contributed by atoms with Crippen LogP contribution in [0.2, 0.25) is 0 Å². The number of furan rings is 1. The molecule has 90 valence electrons. The van der Waals surface area contributed by atoms with E-state index in [2.05, 4.69) is 27.3 Å². The molecule has 0 unspecified atom stereocenters. The zero-order chi connectivity index (χ0) is 12.3. The summed E-state index contributed by atoms with van der Waals surface area (Å²) in [5.41, 5.74) is 0. The third kappa shape index (κ3) is 3.44. The number of halogens is 1. The fraction of sp³-hybridized carbons (Fsp3) is 0.250. The fourth-order valence-corrected chi connectivity index (χ4v) is 2.65. The molecule has 17 heavy (non-hydrogen) atoms. The van der Waals surface area contributed by atoms with E-state index < -0.39 is 0 Å². The van der Waals surface area contributed by atoms with E-state index >= 15 is 0 Å². The molecule has 0 bridgehead atoms. The Bertz CT molecular complexity index is 492. The zero-order valence-electron chi connectivity index (χ0n) is 9.27. The molecule has 1 amide bonds. The van der Waals surface area contributed by atoms with E-state index in [1.54, 1.807) is 23.5 Å². The van der Waals surface area contributed by atoms with Crippen molar-refractivity contribution in [3.63, 3.8) is 0 Å². The number of carbonyl (C=O) groups excluding carboxylic acids is 1. The van der Waals surface area contributed by atoms with Gasteiger partial charge in [0.2, 0.25) is 0 Å². The van der Waals surface area contributed by atoms with E-state index in [9.17, 15) is 4.79 Å². The molecule has 0 aliphatic heterocycles. The third-order valence-electron chi connectivity index (χ3n) is 2.26. The molecule has 0 saturated heterocycles. The first-order valence-corrected chi connectivity index (χ1v) is 6.91. The monoisotopic (exact) mass is 313 g/mol. The van der Waals surface area contributed by atoms with Gasteiger partial charge in [-0.05, 0) is 46.4 Å². The summed E-state index contributed by atoms with van der Waals surface area (Å²) in [6.45, 7) is 1.98. The highest BCUT2D eigenvalue weighted by Gasteiger charge is 2.13. The predicted octanol–water partition coefficient (Wildman–Crippen LogP) is 3.46. The molecule has 0 spiro atoms. The lowest BCUT2D eigenvalue weighted by atomic mass is 10.2. The van der Waals surface area contributed by atoms with E-state index in [1.807, 2.05) is 18.4 Å². The van der Waals surface area contributed by atoms with Crippen molar-refractivity contribution in [1.29, 1.82) is 0 Å². The zero-order valence-corrected chi connectivity index (χ0v) is 11.7. The van der Waals surface area contributed by atoms with Gasteiger partial charge in [-0.15, -0.1) is 11.3 Å². The van der Waals surface area contributed by atoms with Gasteiger partial charge in [-0.3, -0.25) is 4.79 Å². The fourth-order valence-electron chi connectivity index (χ4n) is 1.51. The van der Waals surface area contributed by atoms with Crippen LogP contribution in [0.5, 0.6) is 0 Å². The first-order valence-electron chi connectivity index (χ1n) is 5.24. The molecule has 0 fully saturated rings. The largest absolute Gasteiger partial charge is 0.444 e. The average molecular weight is 314 g/mol. The van der Waals surface area contributed by atoms with Crippen molar-refractivity contribution in [3.8, 4) is 0 Å². The van der Waals surface area contributed by atoms with Gasteiger partial charge < -0.3 is 9.73 Å². The number of rotatable bonds is 4. The summed E-state index contributed by atoms with van der Waals surface area (Å²) in [5.74, 6) is 0.148. The second kappa shape index (κ2) is 5.51. The maximum atomic E-state index is 11.8. The van der Waals surface area contributed by atoms with E-state index in [4.69, 9.17) is 4.42 Å². The Morgan fingerprint density at radius 3 is 2.94 bits per heavy atom. The Morgan fingerprint density at radius 1 is 1.53 bits per heavy atom. The van der Waals surface area contributed by atoms with Gasteiger partial charge in [0.05, 0.1) is 0 Å². The minimum absolute atomic E-state index is 0.0880. The average Bonchev–Trinajstić information content (AvgIpc) is 2.89. The van der Waals surface area contributed by atoms with Crippen molar-refractivity contribution in [2.75, 3.05) is 0 Å². The van der Waals surface area contributed by atoms with Gasteiger partial charge in [0, 0.05) is 17.3 Å². The minimum Gasteiger partial charge on any atom is -0.444 e. The Labute approximate surface area is 112 Å². The maximum absolute atomic E-state index is 11.8. The van der Waals surface area contributed by atoms with E-state index in [0.717, 1.165) is 6.42 Å². The highest BCUT2D eigenvalue weighted by Crippen LogP contribution is 2.15. The highest BCUT2D eigenvalue weighted by molar-refractivity contribution is 9.10. The quantitative estimate of drug-likeness (QED) is 0.939. The van der Waals surface area contributed by atoms with Gasteiger partial charge in [-0.2, -0.15) is 0 Å². The molecular formula is C12H12BrNO2S. The van der Waals surface area contributed by atoms with Gasteiger partial charge in [0.25, 0.3) is 5.91 Å². The van der Waals surface area contributed by atoms with Crippen LogP contribution in [0.15, 0.2) is 38.7 Å². The van der Waals surface area contributed by atoms with E-state index in [0.29, 0.717) is 10.4 Å². The molecule has 2 aromatic heterocycles. The van der Waals surface area contributed by atoms with Crippen LogP contribution in [0.4, 0.5) is 0 Å². The lowest BCUT2D eigenvalue weighted by Crippen LogP contribution is -2.33. The topological polar surface area (TPSA) is 42.2 Å². The van der Waals surface area contributed by atoms with Crippen LogP contribution in [-0.2, 0) is 6.42 Å². The summed E-state index contributed by atoms with van der Waals surface area (Å²) in [4.78, 5) is 13.0. The Balaban J connectivity index is 1.90. The first-order chi connectivity index (χ1) is 8.15. The molecule has 2 heterocycles. The molecule has 3 nitrogen and oxygen atoms in total. The molecule has 5 heteroatoms. The molecule has 1 N–H and O–H groups in total. The second-order valence-electron chi connectivity index (χ2n) is 3.76. The molecule has 0 aliphatic rings. The van der Waals surface area contributed by atoms with Crippen molar-refractivity contribution in [3.05, 3.63) is 45.0 Å². The molecular weight excluding hydrogens is 302 g/mol. The highest BCUT2D eigenvalue weighted by atomic mass is 79.9. The number of hydrogen-bond donors (Lipinski definition) is 1. The molecule has 1 atom stereocenters. The summed E-state index contributed by atoms with van der Waals surface area (Å²) < 4.78 is 5.75.